The average Bonchev–Trinajstić information content (AvgIpc) is 2.80. The number of halogens is 1. The Balaban J connectivity index is 2.21. The number of aryl methyl sites for hydroxylation is 1. The van der Waals surface area contributed by atoms with E-state index in [1.165, 1.54) is 0 Å². The summed E-state index contributed by atoms with van der Waals surface area (Å²) in [6, 6.07) is 3.77. The number of hydrogen-bond donors (Lipinski definition) is 2. The van der Waals surface area contributed by atoms with Gasteiger partial charge in [-0.25, -0.2) is 15.0 Å². The van der Waals surface area contributed by atoms with E-state index in [1.807, 2.05) is 31.0 Å². The number of likely N-dealkylation sites (N-methyl/N-ethyl adjacent to an activating group) is 1. The van der Waals surface area contributed by atoms with Crippen LogP contribution in [-0.4, -0.2) is 48.0 Å². The molecule has 0 saturated carbocycles. The summed E-state index contributed by atoms with van der Waals surface area (Å²) < 4.78 is 5.48. The van der Waals surface area contributed by atoms with Crippen LogP contribution in [0, 0.1) is 0 Å². The number of benzene rings is 1. The summed E-state index contributed by atoms with van der Waals surface area (Å²) in [4.78, 5) is 19.8. The standard InChI is InChI=1S/C24H28ClN7O/c1-7-15-8-16(33-6)9-17(21(15)25)22-14(3)32(5)12-20(31-22)23-24(27)29-11-19(30-23)18(10-28-4)13(2)26/h8-12H,3,7,26H2,1-2,4-6H3,(H2,27,29). The summed E-state index contributed by atoms with van der Waals surface area (Å²) in [6.45, 7) is 8.00. The van der Waals surface area contributed by atoms with Gasteiger partial charge in [-0.05, 0) is 31.0 Å². The minimum atomic E-state index is 0.238. The minimum Gasteiger partial charge on any atom is -0.497 e. The second kappa shape index (κ2) is 9.87. The number of ether oxygens (including phenoxy) is 1. The zero-order valence-electron chi connectivity index (χ0n) is 19.5. The van der Waals surface area contributed by atoms with Gasteiger partial charge in [0.05, 0.1) is 35.4 Å². The normalized spacial score (nSPS) is 14.8. The fourth-order valence-corrected chi connectivity index (χ4v) is 3.72. The van der Waals surface area contributed by atoms with Gasteiger partial charge in [0.15, 0.2) is 5.82 Å². The van der Waals surface area contributed by atoms with Gasteiger partial charge >= 0.3 is 0 Å². The Kier molecular flexibility index (Phi) is 7.18. The van der Waals surface area contributed by atoms with Crippen molar-refractivity contribution in [1.82, 2.24) is 14.9 Å². The number of rotatable bonds is 6. The van der Waals surface area contributed by atoms with E-state index in [2.05, 4.69) is 16.6 Å². The van der Waals surface area contributed by atoms with E-state index in [0.29, 0.717) is 50.5 Å². The molecular weight excluding hydrogens is 438 g/mol. The number of nitrogen functional groups attached to an aromatic ring is 1. The molecule has 2 heterocycles. The number of hydrogen-bond acceptors (Lipinski definition) is 8. The summed E-state index contributed by atoms with van der Waals surface area (Å²) in [5.74, 6) is 0.927. The maximum Gasteiger partial charge on any atom is 0.151 e. The number of nitrogens with zero attached hydrogens (tertiary/aromatic N) is 5. The second-order valence-electron chi connectivity index (χ2n) is 7.51. The lowest BCUT2D eigenvalue weighted by atomic mass is 10.0. The van der Waals surface area contributed by atoms with Crippen molar-refractivity contribution >= 4 is 40.6 Å². The van der Waals surface area contributed by atoms with Crippen molar-refractivity contribution in [3.8, 4) is 5.75 Å². The van der Waals surface area contributed by atoms with E-state index in [4.69, 9.17) is 37.8 Å². The number of anilines is 1. The van der Waals surface area contributed by atoms with Crippen LogP contribution in [-0.2, 0) is 6.42 Å². The Morgan fingerprint density at radius 1 is 1.36 bits per heavy atom. The van der Waals surface area contributed by atoms with Crippen molar-refractivity contribution in [2.45, 2.75) is 20.3 Å². The smallest absolute Gasteiger partial charge is 0.151 e. The number of allylic oxidation sites excluding steroid dienone is 3. The highest BCUT2D eigenvalue weighted by atomic mass is 35.5. The molecule has 9 heteroatoms. The van der Waals surface area contributed by atoms with Crippen LogP contribution in [0.2, 0.25) is 5.02 Å². The molecule has 0 unspecified atom stereocenters. The van der Waals surface area contributed by atoms with Gasteiger partial charge in [0, 0.05) is 43.3 Å². The molecular formula is C24H28ClN7O. The molecule has 33 heavy (non-hydrogen) atoms. The topological polar surface area (TPSA) is 115 Å². The van der Waals surface area contributed by atoms with Crippen molar-refractivity contribution in [2.24, 2.45) is 15.7 Å². The van der Waals surface area contributed by atoms with Gasteiger partial charge in [0.1, 0.15) is 17.1 Å². The monoisotopic (exact) mass is 465 g/mol. The zero-order valence-corrected chi connectivity index (χ0v) is 20.2. The van der Waals surface area contributed by atoms with Crippen molar-refractivity contribution in [2.75, 3.05) is 26.9 Å². The highest BCUT2D eigenvalue weighted by Crippen LogP contribution is 2.34. The molecule has 0 aliphatic carbocycles. The molecule has 0 radical (unpaired) electrons. The molecule has 8 nitrogen and oxygen atoms in total. The highest BCUT2D eigenvalue weighted by molar-refractivity contribution is 6.36. The Morgan fingerprint density at radius 2 is 2.09 bits per heavy atom. The first kappa shape index (κ1) is 24.0. The SMILES string of the molecule is C=C1C(c2cc(OC)cc(CC)c2Cl)=NC(c2nc(C(C=NC)=C(C)N)cnc2N)=CN1C. The second-order valence-corrected chi connectivity index (χ2v) is 7.89. The first-order chi connectivity index (χ1) is 15.7. The van der Waals surface area contributed by atoms with Crippen molar-refractivity contribution < 1.29 is 4.74 Å². The molecule has 1 aliphatic rings. The van der Waals surface area contributed by atoms with Gasteiger partial charge < -0.3 is 21.1 Å². The molecule has 0 amide bonds. The van der Waals surface area contributed by atoms with Crippen molar-refractivity contribution in [3.05, 3.63) is 70.0 Å². The highest BCUT2D eigenvalue weighted by Gasteiger charge is 2.24. The van der Waals surface area contributed by atoms with Crippen molar-refractivity contribution in [1.29, 1.82) is 0 Å². The summed E-state index contributed by atoms with van der Waals surface area (Å²) in [5, 5.41) is 0.601. The van der Waals surface area contributed by atoms with Crippen LogP contribution in [0.5, 0.6) is 5.75 Å². The van der Waals surface area contributed by atoms with Gasteiger partial charge in [-0.1, -0.05) is 25.1 Å². The fourth-order valence-electron chi connectivity index (χ4n) is 3.39. The predicted octanol–water partition coefficient (Wildman–Crippen LogP) is 3.92. The lowest BCUT2D eigenvalue weighted by Gasteiger charge is -2.26. The third-order valence-corrected chi connectivity index (χ3v) is 5.69. The average molecular weight is 466 g/mol. The Hall–Kier alpha value is -3.65. The van der Waals surface area contributed by atoms with E-state index in [1.54, 1.807) is 39.7 Å². The lowest BCUT2D eigenvalue weighted by molar-refractivity contribution is 0.414. The molecule has 0 bridgehead atoms. The number of aromatic nitrogens is 2. The molecule has 172 valence electrons. The van der Waals surface area contributed by atoms with E-state index >= 15 is 0 Å². The third-order valence-electron chi connectivity index (χ3n) is 5.24. The van der Waals surface area contributed by atoms with Gasteiger partial charge in [-0.2, -0.15) is 0 Å². The van der Waals surface area contributed by atoms with E-state index < -0.39 is 0 Å². The van der Waals surface area contributed by atoms with Crippen LogP contribution in [0.15, 0.2) is 52.5 Å². The number of methoxy groups -OCH3 is 1. The summed E-state index contributed by atoms with van der Waals surface area (Å²) in [7, 11) is 5.16. The quantitative estimate of drug-likeness (QED) is 0.624. The lowest BCUT2D eigenvalue weighted by Crippen LogP contribution is -2.23. The van der Waals surface area contributed by atoms with E-state index in [-0.39, 0.29) is 5.82 Å². The molecule has 0 spiro atoms. The largest absolute Gasteiger partial charge is 0.497 e. The summed E-state index contributed by atoms with van der Waals surface area (Å²) in [6.07, 6.45) is 5.75. The van der Waals surface area contributed by atoms with Crippen LogP contribution in [0.3, 0.4) is 0 Å². The summed E-state index contributed by atoms with van der Waals surface area (Å²) in [5.41, 5.74) is 17.9. The maximum absolute atomic E-state index is 6.74. The number of nitrogens with two attached hydrogens (primary N) is 2. The maximum atomic E-state index is 6.74. The van der Waals surface area contributed by atoms with Gasteiger partial charge in [-0.15, -0.1) is 0 Å². The minimum absolute atomic E-state index is 0.238. The molecule has 0 saturated heterocycles. The molecule has 2 aromatic rings. The van der Waals surface area contributed by atoms with Crippen LogP contribution >= 0.6 is 11.6 Å². The Bertz CT molecular complexity index is 1220. The molecule has 1 aromatic heterocycles. The zero-order chi connectivity index (χ0) is 24.3. The van der Waals surface area contributed by atoms with E-state index in [0.717, 1.165) is 17.5 Å². The fraction of sp³-hybridized carbons (Fsp3) is 0.250. The first-order valence-electron chi connectivity index (χ1n) is 10.3. The molecule has 4 N–H and O–H groups in total. The molecule has 1 aliphatic heterocycles. The molecule has 3 rings (SSSR count). The van der Waals surface area contributed by atoms with E-state index in [9.17, 15) is 0 Å². The Labute approximate surface area is 199 Å². The Morgan fingerprint density at radius 3 is 2.70 bits per heavy atom. The van der Waals surface area contributed by atoms with Crippen molar-refractivity contribution in [3.63, 3.8) is 0 Å². The van der Waals surface area contributed by atoms with Crippen LogP contribution < -0.4 is 16.2 Å². The summed E-state index contributed by atoms with van der Waals surface area (Å²) >= 11 is 6.74. The van der Waals surface area contributed by atoms with Gasteiger partial charge in [-0.3, -0.25) is 4.99 Å². The number of aliphatic imine (C=N–C) groups is 2. The first-order valence-corrected chi connectivity index (χ1v) is 10.7. The third kappa shape index (κ3) is 4.75. The van der Waals surface area contributed by atoms with Crippen LogP contribution in [0.25, 0.3) is 11.3 Å². The molecule has 0 atom stereocenters. The molecule has 0 fully saturated rings. The van der Waals surface area contributed by atoms with Gasteiger partial charge in [0.25, 0.3) is 0 Å². The molecule has 1 aromatic carbocycles. The van der Waals surface area contributed by atoms with Crippen LogP contribution in [0.1, 0.15) is 36.4 Å². The predicted molar refractivity (Wildman–Crippen MR) is 136 cm³/mol. The van der Waals surface area contributed by atoms with Crippen LogP contribution in [0.4, 0.5) is 5.82 Å². The van der Waals surface area contributed by atoms with Gasteiger partial charge in [0.2, 0.25) is 0 Å².